The van der Waals surface area contributed by atoms with Crippen LogP contribution in [0.15, 0.2) is 48.5 Å². The summed E-state index contributed by atoms with van der Waals surface area (Å²) >= 11 is 0. The first-order valence-corrected chi connectivity index (χ1v) is 6.27. The van der Waals surface area contributed by atoms with Crippen molar-refractivity contribution in [3.05, 3.63) is 69.8 Å². The summed E-state index contributed by atoms with van der Waals surface area (Å²) in [6, 6.07) is 15.0. The number of aliphatic hydroxyl groups excluding tert-OH is 1. The second kappa shape index (κ2) is 6.50. The van der Waals surface area contributed by atoms with Gasteiger partial charge in [0.25, 0.3) is 5.69 Å². The van der Waals surface area contributed by atoms with Crippen molar-refractivity contribution in [3.63, 3.8) is 0 Å². The molecule has 0 saturated heterocycles. The standard InChI is InChI=1S/C15H13N3O3/c16-9-11-6-7-13(14(8-11)18(20)21)17-10-15(19)12-4-2-1-3-5-12/h1-8,15,17,19H,10H2. The van der Waals surface area contributed by atoms with Crippen LogP contribution in [0.1, 0.15) is 17.2 Å². The minimum atomic E-state index is -0.776. The molecule has 0 heterocycles. The van der Waals surface area contributed by atoms with Crippen molar-refractivity contribution in [2.45, 2.75) is 6.10 Å². The van der Waals surface area contributed by atoms with E-state index in [1.54, 1.807) is 12.1 Å². The molecule has 2 aromatic rings. The highest BCUT2D eigenvalue weighted by Crippen LogP contribution is 2.26. The first kappa shape index (κ1) is 14.5. The van der Waals surface area contributed by atoms with Gasteiger partial charge in [0, 0.05) is 12.6 Å². The summed E-state index contributed by atoms with van der Waals surface area (Å²) in [7, 11) is 0. The molecule has 0 aliphatic carbocycles. The van der Waals surface area contributed by atoms with E-state index >= 15 is 0 Å². The summed E-state index contributed by atoms with van der Waals surface area (Å²) in [6.45, 7) is 0.136. The molecule has 0 aromatic heterocycles. The van der Waals surface area contributed by atoms with E-state index in [2.05, 4.69) is 5.32 Å². The zero-order valence-electron chi connectivity index (χ0n) is 11.1. The van der Waals surface area contributed by atoms with Crippen LogP contribution in [-0.2, 0) is 0 Å². The molecule has 1 atom stereocenters. The molecule has 6 nitrogen and oxygen atoms in total. The van der Waals surface area contributed by atoms with Crippen molar-refractivity contribution in [2.24, 2.45) is 0 Å². The van der Waals surface area contributed by atoms with E-state index in [9.17, 15) is 15.2 Å². The Balaban J connectivity index is 2.13. The lowest BCUT2D eigenvalue weighted by Crippen LogP contribution is -2.13. The van der Waals surface area contributed by atoms with Crippen LogP contribution >= 0.6 is 0 Å². The Morgan fingerprint density at radius 3 is 2.62 bits per heavy atom. The lowest BCUT2D eigenvalue weighted by molar-refractivity contribution is -0.384. The Bertz CT molecular complexity index is 680. The highest BCUT2D eigenvalue weighted by Gasteiger charge is 2.16. The molecule has 21 heavy (non-hydrogen) atoms. The number of nitro benzene ring substituents is 1. The second-order valence-electron chi connectivity index (χ2n) is 4.41. The maximum absolute atomic E-state index is 11.0. The summed E-state index contributed by atoms with van der Waals surface area (Å²) in [6.07, 6.45) is -0.776. The van der Waals surface area contributed by atoms with Crippen LogP contribution in [-0.4, -0.2) is 16.6 Å². The van der Waals surface area contributed by atoms with E-state index in [-0.39, 0.29) is 23.5 Å². The molecule has 0 aliphatic heterocycles. The maximum atomic E-state index is 11.0. The first-order chi connectivity index (χ1) is 10.1. The third-order valence-electron chi connectivity index (χ3n) is 2.99. The Hall–Kier alpha value is -2.91. The Kier molecular flexibility index (Phi) is 4.49. The lowest BCUT2D eigenvalue weighted by atomic mass is 10.1. The number of nitrogens with one attached hydrogen (secondary N) is 1. The largest absolute Gasteiger partial charge is 0.387 e. The predicted octanol–water partition coefficient (Wildman–Crippen LogP) is 2.61. The van der Waals surface area contributed by atoms with Gasteiger partial charge in [-0.05, 0) is 17.7 Å². The van der Waals surface area contributed by atoms with Gasteiger partial charge < -0.3 is 10.4 Å². The molecule has 106 valence electrons. The molecule has 0 bridgehead atoms. The molecule has 0 fully saturated rings. The van der Waals surface area contributed by atoms with Crippen LogP contribution in [0.4, 0.5) is 11.4 Å². The van der Waals surface area contributed by atoms with Gasteiger partial charge in [0.2, 0.25) is 0 Å². The van der Waals surface area contributed by atoms with Gasteiger partial charge in [-0.3, -0.25) is 10.1 Å². The number of benzene rings is 2. The average Bonchev–Trinajstić information content (AvgIpc) is 2.53. The summed E-state index contributed by atoms with van der Waals surface area (Å²) < 4.78 is 0. The molecule has 1 unspecified atom stereocenters. The van der Waals surface area contributed by atoms with Gasteiger partial charge in [0.1, 0.15) is 5.69 Å². The van der Waals surface area contributed by atoms with Crippen molar-refractivity contribution in [1.29, 1.82) is 5.26 Å². The fraction of sp³-hybridized carbons (Fsp3) is 0.133. The number of nitro groups is 1. The van der Waals surface area contributed by atoms with Gasteiger partial charge in [-0.15, -0.1) is 0 Å². The van der Waals surface area contributed by atoms with Gasteiger partial charge in [0.15, 0.2) is 0 Å². The molecule has 6 heteroatoms. The zero-order chi connectivity index (χ0) is 15.2. The van der Waals surface area contributed by atoms with Gasteiger partial charge in [-0.25, -0.2) is 0 Å². The molecular weight excluding hydrogens is 270 g/mol. The third kappa shape index (κ3) is 3.55. The monoisotopic (exact) mass is 283 g/mol. The van der Waals surface area contributed by atoms with E-state index in [1.807, 2.05) is 24.3 Å². The highest BCUT2D eigenvalue weighted by molar-refractivity contribution is 5.64. The number of aliphatic hydroxyl groups is 1. The molecule has 0 amide bonds. The Labute approximate surface area is 121 Å². The normalized spacial score (nSPS) is 11.4. The number of hydrogen-bond acceptors (Lipinski definition) is 5. The SMILES string of the molecule is N#Cc1ccc(NCC(O)c2ccccc2)c([N+](=O)[O-])c1. The third-order valence-corrected chi connectivity index (χ3v) is 2.99. The highest BCUT2D eigenvalue weighted by atomic mass is 16.6. The fourth-order valence-corrected chi connectivity index (χ4v) is 1.90. The number of anilines is 1. The van der Waals surface area contributed by atoms with Crippen LogP contribution in [0.25, 0.3) is 0 Å². The number of nitrogens with zero attached hydrogens (tertiary/aromatic N) is 2. The molecule has 2 rings (SSSR count). The molecule has 2 aromatic carbocycles. The molecule has 2 N–H and O–H groups in total. The van der Waals surface area contributed by atoms with Crippen LogP contribution in [0.3, 0.4) is 0 Å². The fourth-order valence-electron chi connectivity index (χ4n) is 1.90. The maximum Gasteiger partial charge on any atom is 0.293 e. The quantitative estimate of drug-likeness (QED) is 0.649. The number of nitriles is 1. The van der Waals surface area contributed by atoms with Crippen LogP contribution in [0.2, 0.25) is 0 Å². The van der Waals surface area contributed by atoms with Crippen molar-refractivity contribution < 1.29 is 10.0 Å². The lowest BCUT2D eigenvalue weighted by Gasteiger charge is -2.13. The minimum absolute atomic E-state index is 0.136. The first-order valence-electron chi connectivity index (χ1n) is 6.27. The molecule has 0 saturated carbocycles. The van der Waals surface area contributed by atoms with Gasteiger partial charge >= 0.3 is 0 Å². The van der Waals surface area contributed by atoms with Crippen LogP contribution < -0.4 is 5.32 Å². The zero-order valence-corrected chi connectivity index (χ0v) is 11.1. The molecule has 0 aliphatic rings. The van der Waals surface area contributed by atoms with Crippen molar-refractivity contribution >= 4 is 11.4 Å². The minimum Gasteiger partial charge on any atom is -0.387 e. The summed E-state index contributed by atoms with van der Waals surface area (Å²) in [5.74, 6) is 0. The number of hydrogen-bond donors (Lipinski definition) is 2. The van der Waals surface area contributed by atoms with E-state index in [4.69, 9.17) is 5.26 Å². The molecule has 0 spiro atoms. The predicted molar refractivity (Wildman–Crippen MR) is 77.7 cm³/mol. The average molecular weight is 283 g/mol. The summed E-state index contributed by atoms with van der Waals surface area (Å²) in [5.41, 5.74) is 1.03. The second-order valence-corrected chi connectivity index (χ2v) is 4.41. The Morgan fingerprint density at radius 1 is 1.29 bits per heavy atom. The van der Waals surface area contributed by atoms with Crippen LogP contribution in [0.5, 0.6) is 0 Å². The number of rotatable bonds is 5. The van der Waals surface area contributed by atoms with Crippen LogP contribution in [0, 0.1) is 21.4 Å². The molecular formula is C15H13N3O3. The van der Waals surface area contributed by atoms with Gasteiger partial charge in [-0.1, -0.05) is 30.3 Å². The summed E-state index contributed by atoms with van der Waals surface area (Å²) in [5, 5.41) is 32.6. The van der Waals surface area contributed by atoms with Crippen molar-refractivity contribution in [3.8, 4) is 6.07 Å². The van der Waals surface area contributed by atoms with E-state index < -0.39 is 11.0 Å². The van der Waals surface area contributed by atoms with E-state index in [1.165, 1.54) is 18.2 Å². The van der Waals surface area contributed by atoms with Gasteiger partial charge in [-0.2, -0.15) is 5.26 Å². The van der Waals surface area contributed by atoms with E-state index in [0.717, 1.165) is 5.56 Å². The topological polar surface area (TPSA) is 99.2 Å². The van der Waals surface area contributed by atoms with Gasteiger partial charge in [0.05, 0.1) is 22.7 Å². The molecule has 0 radical (unpaired) electrons. The van der Waals surface area contributed by atoms with E-state index in [0.29, 0.717) is 0 Å². The van der Waals surface area contributed by atoms with Crippen molar-refractivity contribution in [2.75, 3.05) is 11.9 Å². The van der Waals surface area contributed by atoms with Crippen molar-refractivity contribution in [1.82, 2.24) is 0 Å². The Morgan fingerprint density at radius 2 is 2.00 bits per heavy atom. The smallest absolute Gasteiger partial charge is 0.293 e. The summed E-state index contributed by atoms with van der Waals surface area (Å²) in [4.78, 5) is 10.4.